The van der Waals surface area contributed by atoms with Crippen LogP contribution >= 0.6 is 0 Å². The van der Waals surface area contributed by atoms with E-state index in [-0.39, 0.29) is 5.92 Å². The van der Waals surface area contributed by atoms with Crippen molar-refractivity contribution in [3.63, 3.8) is 0 Å². The molecule has 1 heterocycles. The van der Waals surface area contributed by atoms with Gasteiger partial charge in [0.25, 0.3) is 0 Å². The van der Waals surface area contributed by atoms with Gasteiger partial charge in [-0.25, -0.2) is 4.39 Å². The Morgan fingerprint density at radius 3 is 2.75 bits per heavy atom. The number of piperidine rings is 1. The van der Waals surface area contributed by atoms with Gasteiger partial charge in [0, 0.05) is 12.5 Å². The molecule has 0 radical (unpaired) electrons. The van der Waals surface area contributed by atoms with E-state index in [1.165, 1.54) is 11.1 Å². The minimum absolute atomic E-state index is 0.154. The van der Waals surface area contributed by atoms with Crippen molar-refractivity contribution in [2.75, 3.05) is 13.1 Å². The second-order valence-corrected chi connectivity index (χ2v) is 4.60. The standard InChI is InChI=1S/C14H20FN/c1-2-11-5-3-4-6-12(11)9-13-10-16-8-7-14(13)15/h3-6,13-14,16H,2,7-10H2,1H3. The van der Waals surface area contributed by atoms with E-state index in [1.54, 1.807) is 0 Å². The van der Waals surface area contributed by atoms with E-state index in [0.29, 0.717) is 6.42 Å². The average Bonchev–Trinajstić information content (AvgIpc) is 2.33. The number of aryl methyl sites for hydroxylation is 1. The molecule has 0 spiro atoms. The van der Waals surface area contributed by atoms with Crippen molar-refractivity contribution in [1.82, 2.24) is 5.32 Å². The highest BCUT2D eigenvalue weighted by molar-refractivity contribution is 5.27. The van der Waals surface area contributed by atoms with Crippen LogP contribution in [-0.4, -0.2) is 19.3 Å². The third kappa shape index (κ3) is 2.62. The van der Waals surface area contributed by atoms with Crippen LogP contribution < -0.4 is 5.32 Å². The van der Waals surface area contributed by atoms with Crippen LogP contribution in [0.5, 0.6) is 0 Å². The fraction of sp³-hybridized carbons (Fsp3) is 0.571. The normalized spacial score (nSPS) is 25.6. The second kappa shape index (κ2) is 5.44. The first-order valence-electron chi connectivity index (χ1n) is 6.22. The predicted molar refractivity (Wildman–Crippen MR) is 65.4 cm³/mol. The van der Waals surface area contributed by atoms with Gasteiger partial charge in [0.2, 0.25) is 0 Å². The Kier molecular flexibility index (Phi) is 3.94. The van der Waals surface area contributed by atoms with Gasteiger partial charge in [0.05, 0.1) is 0 Å². The fourth-order valence-corrected chi connectivity index (χ4v) is 2.48. The fourth-order valence-electron chi connectivity index (χ4n) is 2.48. The van der Waals surface area contributed by atoms with Gasteiger partial charge in [0.1, 0.15) is 6.17 Å². The Bertz CT molecular complexity index is 337. The first-order valence-corrected chi connectivity index (χ1v) is 6.22. The van der Waals surface area contributed by atoms with Crippen LogP contribution in [0.25, 0.3) is 0 Å². The van der Waals surface area contributed by atoms with Crippen molar-refractivity contribution in [3.05, 3.63) is 35.4 Å². The van der Waals surface area contributed by atoms with Gasteiger partial charge in [0.15, 0.2) is 0 Å². The summed E-state index contributed by atoms with van der Waals surface area (Å²) in [6.45, 7) is 3.80. The molecule has 88 valence electrons. The van der Waals surface area contributed by atoms with Crippen LogP contribution in [0.15, 0.2) is 24.3 Å². The molecule has 1 aliphatic rings. The molecule has 2 rings (SSSR count). The summed E-state index contributed by atoms with van der Waals surface area (Å²) in [5.74, 6) is 0.154. The molecule has 2 heteroatoms. The van der Waals surface area contributed by atoms with Crippen molar-refractivity contribution < 1.29 is 4.39 Å². The van der Waals surface area contributed by atoms with Gasteiger partial charge in [-0.05, 0) is 36.9 Å². The van der Waals surface area contributed by atoms with Crippen molar-refractivity contribution in [2.45, 2.75) is 32.4 Å². The zero-order valence-electron chi connectivity index (χ0n) is 9.88. The summed E-state index contributed by atoms with van der Waals surface area (Å²) in [5, 5.41) is 3.28. The Morgan fingerprint density at radius 1 is 1.31 bits per heavy atom. The number of halogens is 1. The molecule has 0 aromatic heterocycles. The molecule has 1 aliphatic heterocycles. The van der Waals surface area contributed by atoms with E-state index < -0.39 is 6.17 Å². The van der Waals surface area contributed by atoms with E-state index in [4.69, 9.17) is 0 Å². The minimum Gasteiger partial charge on any atom is -0.316 e. The van der Waals surface area contributed by atoms with Gasteiger partial charge in [-0.1, -0.05) is 31.2 Å². The van der Waals surface area contributed by atoms with Gasteiger partial charge in [-0.2, -0.15) is 0 Å². The Morgan fingerprint density at radius 2 is 2.06 bits per heavy atom. The maximum absolute atomic E-state index is 13.7. The SMILES string of the molecule is CCc1ccccc1CC1CNCCC1F. The quantitative estimate of drug-likeness (QED) is 0.827. The van der Waals surface area contributed by atoms with Crippen LogP contribution in [0.3, 0.4) is 0 Å². The molecule has 1 nitrogen and oxygen atoms in total. The molecule has 1 N–H and O–H groups in total. The minimum atomic E-state index is -0.633. The monoisotopic (exact) mass is 221 g/mol. The summed E-state index contributed by atoms with van der Waals surface area (Å²) in [7, 11) is 0. The highest BCUT2D eigenvalue weighted by Crippen LogP contribution is 2.22. The lowest BCUT2D eigenvalue weighted by Crippen LogP contribution is -2.39. The molecule has 0 bridgehead atoms. The van der Waals surface area contributed by atoms with Crippen LogP contribution in [0.1, 0.15) is 24.5 Å². The Hall–Kier alpha value is -0.890. The average molecular weight is 221 g/mol. The Balaban J connectivity index is 2.07. The summed E-state index contributed by atoms with van der Waals surface area (Å²) in [5.41, 5.74) is 2.68. The van der Waals surface area contributed by atoms with Crippen molar-refractivity contribution in [3.8, 4) is 0 Å². The first kappa shape index (κ1) is 11.6. The molecule has 2 atom stereocenters. The molecular weight excluding hydrogens is 201 g/mol. The summed E-state index contributed by atoms with van der Waals surface area (Å²) >= 11 is 0. The summed E-state index contributed by atoms with van der Waals surface area (Å²) < 4.78 is 13.7. The van der Waals surface area contributed by atoms with E-state index in [9.17, 15) is 4.39 Å². The summed E-state index contributed by atoms with van der Waals surface area (Å²) in [6, 6.07) is 8.41. The molecule has 1 saturated heterocycles. The number of benzene rings is 1. The lowest BCUT2D eigenvalue weighted by atomic mass is 9.88. The summed E-state index contributed by atoms with van der Waals surface area (Å²) in [6.07, 6.45) is 1.94. The van der Waals surface area contributed by atoms with Gasteiger partial charge in [-0.15, -0.1) is 0 Å². The molecular formula is C14H20FN. The molecule has 1 aromatic rings. The van der Waals surface area contributed by atoms with Gasteiger partial charge in [-0.3, -0.25) is 0 Å². The van der Waals surface area contributed by atoms with Crippen LogP contribution in [0.2, 0.25) is 0 Å². The molecule has 0 aliphatic carbocycles. The smallest absolute Gasteiger partial charge is 0.106 e. The van der Waals surface area contributed by atoms with Gasteiger partial charge < -0.3 is 5.32 Å². The van der Waals surface area contributed by atoms with Crippen LogP contribution in [-0.2, 0) is 12.8 Å². The third-order valence-electron chi connectivity index (χ3n) is 3.50. The molecule has 1 fully saturated rings. The van der Waals surface area contributed by atoms with E-state index in [1.807, 2.05) is 0 Å². The van der Waals surface area contributed by atoms with Crippen molar-refractivity contribution in [2.24, 2.45) is 5.92 Å². The number of hydrogen-bond donors (Lipinski definition) is 1. The third-order valence-corrected chi connectivity index (χ3v) is 3.50. The van der Waals surface area contributed by atoms with Crippen molar-refractivity contribution in [1.29, 1.82) is 0 Å². The second-order valence-electron chi connectivity index (χ2n) is 4.60. The number of hydrogen-bond acceptors (Lipinski definition) is 1. The molecule has 0 amide bonds. The van der Waals surface area contributed by atoms with E-state index in [0.717, 1.165) is 25.9 Å². The largest absolute Gasteiger partial charge is 0.316 e. The zero-order chi connectivity index (χ0) is 11.4. The molecule has 16 heavy (non-hydrogen) atoms. The number of rotatable bonds is 3. The zero-order valence-corrected chi connectivity index (χ0v) is 9.88. The van der Waals surface area contributed by atoms with Crippen LogP contribution in [0, 0.1) is 5.92 Å². The van der Waals surface area contributed by atoms with Crippen LogP contribution in [0.4, 0.5) is 4.39 Å². The highest BCUT2D eigenvalue weighted by Gasteiger charge is 2.24. The lowest BCUT2D eigenvalue weighted by molar-refractivity contribution is 0.178. The maximum atomic E-state index is 13.7. The summed E-state index contributed by atoms with van der Waals surface area (Å²) in [4.78, 5) is 0. The lowest BCUT2D eigenvalue weighted by Gasteiger charge is -2.27. The van der Waals surface area contributed by atoms with Gasteiger partial charge >= 0.3 is 0 Å². The van der Waals surface area contributed by atoms with E-state index >= 15 is 0 Å². The molecule has 2 unspecified atom stereocenters. The molecule has 1 aromatic carbocycles. The predicted octanol–water partition coefficient (Wildman–Crippen LogP) is 2.74. The van der Waals surface area contributed by atoms with Crippen molar-refractivity contribution >= 4 is 0 Å². The Labute approximate surface area is 97.1 Å². The highest BCUT2D eigenvalue weighted by atomic mass is 19.1. The molecule has 0 saturated carbocycles. The topological polar surface area (TPSA) is 12.0 Å². The number of alkyl halides is 1. The first-order chi connectivity index (χ1) is 7.81. The maximum Gasteiger partial charge on any atom is 0.106 e. The van der Waals surface area contributed by atoms with E-state index in [2.05, 4.69) is 36.5 Å². The number of nitrogens with one attached hydrogen (secondary N) is 1.